The summed E-state index contributed by atoms with van der Waals surface area (Å²) < 4.78 is 0. The smallest absolute Gasteiger partial charge is 0.326 e. The molecule has 0 bridgehead atoms. The summed E-state index contributed by atoms with van der Waals surface area (Å²) in [6, 6.07) is -8.31. The maximum absolute atomic E-state index is 14.3. The largest absolute Gasteiger partial charge is 0.480 e. The van der Waals surface area contributed by atoms with Gasteiger partial charge in [-0.15, -0.1) is 0 Å². The highest BCUT2D eigenvalue weighted by Gasteiger charge is 2.40. The van der Waals surface area contributed by atoms with E-state index in [2.05, 4.69) is 36.6 Å². The maximum atomic E-state index is 14.3. The van der Waals surface area contributed by atoms with Gasteiger partial charge < -0.3 is 76.1 Å². The van der Waals surface area contributed by atoms with Crippen molar-refractivity contribution in [2.75, 3.05) is 26.2 Å². The summed E-state index contributed by atoms with van der Waals surface area (Å²) in [4.78, 5) is 102. The van der Waals surface area contributed by atoms with Crippen LogP contribution >= 0.6 is 0 Å². The summed E-state index contributed by atoms with van der Waals surface area (Å²) in [5, 5.41) is 32.4. The lowest BCUT2D eigenvalue weighted by Gasteiger charge is -2.32. The van der Waals surface area contributed by atoms with E-state index in [1.807, 2.05) is 0 Å². The van der Waals surface area contributed by atoms with Crippen molar-refractivity contribution in [2.24, 2.45) is 50.3 Å². The number of aliphatic imine (C=N–C) groups is 2. The first-order valence-electron chi connectivity index (χ1n) is 20.0. The van der Waals surface area contributed by atoms with E-state index in [0.717, 1.165) is 0 Å². The van der Waals surface area contributed by atoms with Crippen molar-refractivity contribution >= 4 is 53.3 Å². The monoisotopic (exact) mass is 841 g/mol. The number of likely N-dealkylation sites (tertiary alicyclic amines) is 1. The summed E-state index contributed by atoms with van der Waals surface area (Å²) in [6.07, 6.45) is 1.55. The summed E-state index contributed by atoms with van der Waals surface area (Å²) in [5.41, 5.74) is 33.0. The maximum Gasteiger partial charge on any atom is 0.326 e. The molecule has 9 atom stereocenters. The third-order valence-corrected chi connectivity index (χ3v) is 9.91. The Labute approximate surface area is 345 Å². The molecule has 0 spiro atoms. The number of hydrogen-bond donors (Lipinski definition) is 13. The molecule has 6 amide bonds. The molecular formula is C36H68N14O9. The first-order valence-corrected chi connectivity index (χ1v) is 20.0. The van der Waals surface area contributed by atoms with Crippen LogP contribution in [0.5, 0.6) is 0 Å². The normalized spacial score (nSPS) is 17.7. The van der Waals surface area contributed by atoms with Crippen LogP contribution in [0.3, 0.4) is 0 Å². The summed E-state index contributed by atoms with van der Waals surface area (Å²) in [6.45, 7) is 6.95. The third-order valence-electron chi connectivity index (χ3n) is 9.91. The lowest BCUT2D eigenvalue weighted by molar-refractivity contribution is -0.144. The molecular weight excluding hydrogens is 772 g/mol. The van der Waals surface area contributed by atoms with Gasteiger partial charge in [0.05, 0.1) is 6.10 Å². The second kappa shape index (κ2) is 26.7. The van der Waals surface area contributed by atoms with Crippen molar-refractivity contribution in [1.29, 1.82) is 0 Å². The Bertz CT molecular complexity index is 1470. The second-order valence-electron chi connectivity index (χ2n) is 14.8. The van der Waals surface area contributed by atoms with Crippen LogP contribution in [0.15, 0.2) is 9.98 Å². The van der Waals surface area contributed by atoms with Crippen LogP contribution in [0.1, 0.15) is 91.9 Å². The Morgan fingerprint density at radius 3 is 1.81 bits per heavy atom. The predicted molar refractivity (Wildman–Crippen MR) is 220 cm³/mol. The van der Waals surface area contributed by atoms with E-state index >= 15 is 0 Å². The van der Waals surface area contributed by atoms with E-state index in [1.165, 1.54) is 18.7 Å². The van der Waals surface area contributed by atoms with Crippen molar-refractivity contribution in [2.45, 2.75) is 140 Å². The van der Waals surface area contributed by atoms with E-state index in [4.69, 9.17) is 34.4 Å². The fourth-order valence-electron chi connectivity index (χ4n) is 6.16. The molecule has 336 valence electrons. The predicted octanol–water partition coefficient (Wildman–Crippen LogP) is -4.50. The van der Waals surface area contributed by atoms with Crippen LogP contribution in [-0.4, -0.2) is 143 Å². The number of unbranched alkanes of at least 4 members (excludes halogenated alkanes) is 1. The van der Waals surface area contributed by atoms with Gasteiger partial charge in [0.1, 0.15) is 42.3 Å². The van der Waals surface area contributed by atoms with Crippen LogP contribution in [0, 0.1) is 5.92 Å². The van der Waals surface area contributed by atoms with Gasteiger partial charge >= 0.3 is 5.97 Å². The molecule has 1 aliphatic rings. The number of rotatable bonds is 27. The van der Waals surface area contributed by atoms with Gasteiger partial charge in [0.2, 0.25) is 35.4 Å². The van der Waals surface area contributed by atoms with Crippen molar-refractivity contribution < 1.29 is 43.8 Å². The van der Waals surface area contributed by atoms with Gasteiger partial charge in [-0.1, -0.05) is 20.3 Å². The molecule has 1 fully saturated rings. The number of aliphatic carboxylic acids is 1. The van der Waals surface area contributed by atoms with Crippen LogP contribution in [0.25, 0.3) is 0 Å². The van der Waals surface area contributed by atoms with Crippen LogP contribution in [-0.2, 0) is 33.6 Å². The minimum atomic E-state index is -1.29. The lowest BCUT2D eigenvalue weighted by atomic mass is 9.97. The van der Waals surface area contributed by atoms with E-state index in [9.17, 15) is 43.8 Å². The number of nitrogens with one attached hydrogen (secondary N) is 5. The van der Waals surface area contributed by atoms with Crippen LogP contribution in [0.2, 0.25) is 0 Å². The minimum Gasteiger partial charge on any atom is -0.480 e. The number of nitrogens with zero attached hydrogens (tertiary/aromatic N) is 3. The highest BCUT2D eigenvalue weighted by Crippen LogP contribution is 2.21. The van der Waals surface area contributed by atoms with Gasteiger partial charge in [0.25, 0.3) is 0 Å². The van der Waals surface area contributed by atoms with Gasteiger partial charge in [-0.2, -0.15) is 0 Å². The fourth-order valence-corrected chi connectivity index (χ4v) is 6.16. The molecule has 0 aromatic rings. The van der Waals surface area contributed by atoms with Crippen molar-refractivity contribution in [3.63, 3.8) is 0 Å². The molecule has 1 saturated heterocycles. The van der Waals surface area contributed by atoms with Gasteiger partial charge in [-0.05, 0) is 84.1 Å². The number of aliphatic hydroxyl groups excluding tert-OH is 1. The number of carboxylic acids is 1. The van der Waals surface area contributed by atoms with E-state index in [0.29, 0.717) is 32.2 Å². The van der Waals surface area contributed by atoms with Crippen molar-refractivity contribution in [1.82, 2.24) is 31.5 Å². The first kappa shape index (κ1) is 51.7. The van der Waals surface area contributed by atoms with Gasteiger partial charge in [0, 0.05) is 19.6 Å². The summed E-state index contributed by atoms with van der Waals surface area (Å²) in [7, 11) is 0. The Kier molecular flexibility index (Phi) is 23.4. The van der Waals surface area contributed by atoms with Gasteiger partial charge in [-0.25, -0.2) is 4.79 Å². The molecule has 1 heterocycles. The molecule has 0 aromatic carbocycles. The van der Waals surface area contributed by atoms with Crippen molar-refractivity contribution in [3.8, 4) is 0 Å². The number of aliphatic hydroxyl groups is 1. The summed E-state index contributed by atoms with van der Waals surface area (Å²) in [5.74, 6) is -6.27. The van der Waals surface area contributed by atoms with E-state index in [1.54, 1.807) is 13.8 Å². The van der Waals surface area contributed by atoms with Crippen LogP contribution in [0.4, 0.5) is 0 Å². The summed E-state index contributed by atoms with van der Waals surface area (Å²) >= 11 is 0. The molecule has 59 heavy (non-hydrogen) atoms. The topological polar surface area (TPSA) is 404 Å². The van der Waals surface area contributed by atoms with E-state index < -0.39 is 95.7 Å². The number of hydrogen-bond acceptors (Lipinski definition) is 12. The Morgan fingerprint density at radius 2 is 1.29 bits per heavy atom. The van der Waals surface area contributed by atoms with Gasteiger partial charge in [-0.3, -0.25) is 38.8 Å². The SMILES string of the molecule is CCC(C)C(NC(=O)C(C)NC(=O)C(N)C(C)O)C(=O)NC(CCCN=C(N)N)C(=O)N1CCCC1C(=O)NC(CCCN=C(N)N)C(=O)NC(CCCCN)C(=O)O. The fraction of sp³-hybridized carbons (Fsp3) is 0.750. The number of carbonyl (C=O) groups is 7. The average molecular weight is 841 g/mol. The molecule has 1 aliphatic heterocycles. The number of nitrogens with two attached hydrogens (primary N) is 6. The Morgan fingerprint density at radius 1 is 0.729 bits per heavy atom. The van der Waals surface area contributed by atoms with Crippen LogP contribution < -0.4 is 61.0 Å². The molecule has 0 aromatic heterocycles. The minimum absolute atomic E-state index is 0.0337. The Balaban J connectivity index is 3.35. The average Bonchev–Trinajstić information content (AvgIpc) is 3.67. The highest BCUT2D eigenvalue weighted by molar-refractivity contribution is 5.97. The zero-order chi connectivity index (χ0) is 44.8. The van der Waals surface area contributed by atoms with Crippen molar-refractivity contribution in [3.05, 3.63) is 0 Å². The van der Waals surface area contributed by atoms with Gasteiger partial charge in [0.15, 0.2) is 11.9 Å². The highest BCUT2D eigenvalue weighted by atomic mass is 16.4. The quantitative estimate of drug-likeness (QED) is 0.0211. The van der Waals surface area contributed by atoms with E-state index in [-0.39, 0.29) is 70.1 Å². The second-order valence-corrected chi connectivity index (χ2v) is 14.8. The zero-order valence-corrected chi connectivity index (χ0v) is 34.7. The molecule has 19 N–H and O–H groups in total. The molecule has 0 radical (unpaired) electrons. The zero-order valence-electron chi connectivity index (χ0n) is 34.7. The number of amides is 6. The number of carboxylic acid groups (broad SMARTS) is 1. The Hall–Kier alpha value is -5.29. The molecule has 1 rings (SSSR count). The molecule has 23 nitrogen and oxygen atoms in total. The lowest BCUT2D eigenvalue weighted by Crippen LogP contribution is -2.60. The standard InChI is InChI=1S/C36H68N14O9/c1-5-19(2)27(49-28(52)20(3)45-31(55)26(38)21(4)51)32(56)47-23(13-9-17-44-36(41)42)33(57)50-18-10-14-25(50)30(54)46-22(12-8-16-43-35(39)40)29(53)48-24(34(58)59)11-6-7-15-37/h19-27,51H,5-18,37-38H2,1-4H3,(H,45,55)(H,46,54)(H,47,56)(H,48,53)(H,49,52)(H,58,59)(H4,39,40,43)(H4,41,42,44). The molecule has 0 saturated carbocycles. The third kappa shape index (κ3) is 18.5. The first-order chi connectivity index (χ1) is 27.7. The molecule has 23 heteroatoms. The number of carbonyl (C=O) groups excluding carboxylic acids is 6. The molecule has 0 aliphatic carbocycles. The molecule has 9 unspecified atom stereocenters. The number of guanidine groups is 2.